The number of hydrogen-bond acceptors (Lipinski definition) is 5. The Hall–Kier alpha value is -1.75. The molecule has 132 valence electrons. The van der Waals surface area contributed by atoms with Crippen LogP contribution in [0.2, 0.25) is 0 Å². The summed E-state index contributed by atoms with van der Waals surface area (Å²) in [4.78, 5) is 21.1. The van der Waals surface area contributed by atoms with Gasteiger partial charge in [-0.2, -0.15) is 0 Å². The molecule has 25 heavy (non-hydrogen) atoms. The second-order valence-corrected chi connectivity index (χ2v) is 8.90. The van der Waals surface area contributed by atoms with Gasteiger partial charge in [-0.15, -0.1) is 11.3 Å². The second kappa shape index (κ2) is 6.20. The first-order chi connectivity index (χ1) is 11.9. The fourth-order valence-electron chi connectivity index (χ4n) is 4.63. The van der Waals surface area contributed by atoms with E-state index in [1.165, 1.54) is 17.8 Å². The number of rotatable bonds is 4. The number of carbonyl (C=O) groups excluding carboxylic acids is 1. The number of pyridine rings is 1. The van der Waals surface area contributed by atoms with Gasteiger partial charge in [0.2, 0.25) is 0 Å². The first-order valence-corrected chi connectivity index (χ1v) is 9.87. The van der Waals surface area contributed by atoms with Gasteiger partial charge in [-0.1, -0.05) is 20.8 Å². The molecule has 2 aromatic heterocycles. The topological polar surface area (TPSA) is 52.1 Å². The van der Waals surface area contributed by atoms with Crippen molar-refractivity contribution in [2.45, 2.75) is 46.1 Å². The number of ether oxygens (including phenoxy) is 1. The standard InChI is InChI=1S/C20H24N2O2S/c1-12-16-7-14(20(16,2)3)8-17(12)24-18(23)9-15-11-25-19(22-15)13-5-4-6-21-10-13/h4-6,10-12,14,16-17H,7-9H2,1-3H3. The fourth-order valence-corrected chi connectivity index (χ4v) is 5.44. The minimum Gasteiger partial charge on any atom is -0.462 e. The monoisotopic (exact) mass is 356 g/mol. The lowest BCUT2D eigenvalue weighted by Gasteiger charge is -2.61. The molecule has 2 bridgehead atoms. The minimum atomic E-state index is -0.154. The molecule has 0 aromatic carbocycles. The number of nitrogens with zero attached hydrogens (tertiary/aromatic N) is 2. The molecule has 0 radical (unpaired) electrons. The van der Waals surface area contributed by atoms with E-state index in [1.54, 1.807) is 12.4 Å². The van der Waals surface area contributed by atoms with Gasteiger partial charge in [-0.05, 0) is 48.1 Å². The average Bonchev–Trinajstić information content (AvgIpc) is 3.05. The lowest BCUT2D eigenvalue weighted by atomic mass is 9.45. The van der Waals surface area contributed by atoms with Crippen LogP contribution < -0.4 is 0 Å². The van der Waals surface area contributed by atoms with Crippen LogP contribution in [0.1, 0.15) is 39.3 Å². The summed E-state index contributed by atoms with van der Waals surface area (Å²) in [5.74, 6) is 1.67. The Kier molecular flexibility index (Phi) is 4.14. The molecular formula is C20H24N2O2S. The van der Waals surface area contributed by atoms with Gasteiger partial charge < -0.3 is 4.74 Å². The highest BCUT2D eigenvalue weighted by molar-refractivity contribution is 7.13. The second-order valence-electron chi connectivity index (χ2n) is 8.05. The fraction of sp³-hybridized carbons (Fsp3) is 0.550. The summed E-state index contributed by atoms with van der Waals surface area (Å²) in [6, 6.07) is 3.87. The lowest BCUT2D eigenvalue weighted by molar-refractivity contribution is -0.185. The summed E-state index contributed by atoms with van der Waals surface area (Å²) in [5, 5.41) is 2.83. The minimum absolute atomic E-state index is 0.0701. The van der Waals surface area contributed by atoms with Crippen LogP contribution in [0.25, 0.3) is 10.6 Å². The third-order valence-electron chi connectivity index (χ3n) is 6.35. The predicted molar refractivity (Wildman–Crippen MR) is 98.1 cm³/mol. The maximum absolute atomic E-state index is 12.4. The van der Waals surface area contributed by atoms with Crippen molar-refractivity contribution in [1.29, 1.82) is 0 Å². The van der Waals surface area contributed by atoms with E-state index in [1.807, 2.05) is 17.5 Å². The van der Waals surface area contributed by atoms with Gasteiger partial charge in [-0.3, -0.25) is 9.78 Å². The van der Waals surface area contributed by atoms with Crippen molar-refractivity contribution in [2.75, 3.05) is 0 Å². The van der Waals surface area contributed by atoms with E-state index in [9.17, 15) is 4.79 Å². The zero-order chi connectivity index (χ0) is 17.6. The van der Waals surface area contributed by atoms with Gasteiger partial charge in [0.05, 0.1) is 12.1 Å². The highest BCUT2D eigenvalue weighted by Gasteiger charge is 2.57. The van der Waals surface area contributed by atoms with Crippen molar-refractivity contribution in [3.8, 4) is 10.6 Å². The molecule has 2 aromatic rings. The Bertz CT molecular complexity index is 771. The van der Waals surface area contributed by atoms with E-state index < -0.39 is 0 Å². The van der Waals surface area contributed by atoms with Crippen molar-refractivity contribution in [3.63, 3.8) is 0 Å². The Morgan fingerprint density at radius 1 is 1.40 bits per heavy atom. The highest BCUT2D eigenvalue weighted by atomic mass is 32.1. The average molecular weight is 356 g/mol. The first-order valence-electron chi connectivity index (χ1n) is 8.99. The smallest absolute Gasteiger partial charge is 0.312 e. The molecule has 0 amide bonds. The molecule has 0 spiro atoms. The molecule has 5 heteroatoms. The van der Waals surface area contributed by atoms with Crippen molar-refractivity contribution in [1.82, 2.24) is 9.97 Å². The molecule has 5 rings (SSSR count). The molecule has 4 unspecified atom stereocenters. The van der Waals surface area contributed by atoms with Crippen molar-refractivity contribution in [3.05, 3.63) is 35.6 Å². The Morgan fingerprint density at radius 2 is 2.24 bits per heavy atom. The van der Waals surface area contributed by atoms with E-state index in [-0.39, 0.29) is 18.5 Å². The Morgan fingerprint density at radius 3 is 2.92 bits per heavy atom. The number of aromatic nitrogens is 2. The normalized spacial score (nSPS) is 29.7. The summed E-state index contributed by atoms with van der Waals surface area (Å²) < 4.78 is 5.83. The van der Waals surface area contributed by atoms with Crippen LogP contribution >= 0.6 is 11.3 Å². The lowest BCUT2D eigenvalue weighted by Crippen LogP contribution is -2.57. The largest absolute Gasteiger partial charge is 0.462 e. The molecular weight excluding hydrogens is 332 g/mol. The van der Waals surface area contributed by atoms with E-state index in [0.717, 1.165) is 22.7 Å². The zero-order valence-corrected chi connectivity index (χ0v) is 15.8. The first kappa shape index (κ1) is 16.7. The number of hydrogen-bond donors (Lipinski definition) is 0. The van der Waals surface area contributed by atoms with Gasteiger partial charge >= 0.3 is 5.97 Å². The summed E-state index contributed by atoms with van der Waals surface area (Å²) in [7, 11) is 0. The van der Waals surface area contributed by atoms with Gasteiger partial charge in [0, 0.05) is 23.3 Å². The molecule has 0 saturated heterocycles. The highest BCUT2D eigenvalue weighted by Crippen LogP contribution is 2.61. The zero-order valence-electron chi connectivity index (χ0n) is 14.9. The molecule has 4 atom stereocenters. The SMILES string of the molecule is CC1C(OC(=O)Cc2csc(-c3cccnc3)n2)CC2CC1C2(C)C. The summed E-state index contributed by atoms with van der Waals surface area (Å²) in [6.45, 7) is 6.95. The molecule has 3 fully saturated rings. The van der Waals surface area contributed by atoms with Crippen molar-refractivity contribution < 1.29 is 9.53 Å². The molecule has 0 N–H and O–H groups in total. The third kappa shape index (κ3) is 2.99. The molecule has 3 saturated carbocycles. The molecule has 4 nitrogen and oxygen atoms in total. The van der Waals surface area contributed by atoms with Crippen molar-refractivity contribution >= 4 is 17.3 Å². The quantitative estimate of drug-likeness (QED) is 0.764. The summed E-state index contributed by atoms with van der Waals surface area (Å²) in [5.41, 5.74) is 2.17. The number of thiazole rings is 1. The summed E-state index contributed by atoms with van der Waals surface area (Å²) in [6.07, 6.45) is 6.15. The van der Waals surface area contributed by atoms with Crippen LogP contribution in [0, 0.1) is 23.2 Å². The number of esters is 1. The van der Waals surface area contributed by atoms with E-state index in [4.69, 9.17) is 4.74 Å². The third-order valence-corrected chi connectivity index (χ3v) is 7.29. The van der Waals surface area contributed by atoms with E-state index in [2.05, 4.69) is 30.7 Å². The Balaban J connectivity index is 1.37. The van der Waals surface area contributed by atoms with Crippen LogP contribution in [-0.4, -0.2) is 22.0 Å². The number of carbonyl (C=O) groups is 1. The van der Waals surface area contributed by atoms with Crippen LogP contribution in [0.15, 0.2) is 29.9 Å². The van der Waals surface area contributed by atoms with Crippen LogP contribution in [0.3, 0.4) is 0 Å². The van der Waals surface area contributed by atoms with E-state index >= 15 is 0 Å². The predicted octanol–water partition coefficient (Wildman–Crippen LogP) is 4.36. The molecule has 2 heterocycles. The molecule has 3 aliphatic rings. The summed E-state index contributed by atoms with van der Waals surface area (Å²) >= 11 is 1.54. The van der Waals surface area contributed by atoms with Crippen LogP contribution in [0.5, 0.6) is 0 Å². The van der Waals surface area contributed by atoms with Gasteiger partial charge in [0.15, 0.2) is 0 Å². The van der Waals surface area contributed by atoms with E-state index in [0.29, 0.717) is 23.2 Å². The van der Waals surface area contributed by atoms with Gasteiger partial charge in [-0.25, -0.2) is 4.98 Å². The molecule has 0 aliphatic heterocycles. The van der Waals surface area contributed by atoms with Crippen molar-refractivity contribution in [2.24, 2.45) is 23.2 Å². The van der Waals surface area contributed by atoms with Crippen LogP contribution in [-0.2, 0) is 16.0 Å². The van der Waals surface area contributed by atoms with Crippen LogP contribution in [0.4, 0.5) is 0 Å². The Labute approximate surface area is 152 Å². The van der Waals surface area contributed by atoms with Gasteiger partial charge in [0.1, 0.15) is 11.1 Å². The van der Waals surface area contributed by atoms with Gasteiger partial charge in [0.25, 0.3) is 0 Å². The maximum atomic E-state index is 12.4. The maximum Gasteiger partial charge on any atom is 0.312 e. The molecule has 3 aliphatic carbocycles. The number of fused-ring (bicyclic) bond motifs is 2.